The van der Waals surface area contributed by atoms with E-state index in [1.807, 2.05) is 0 Å². The van der Waals surface area contributed by atoms with E-state index in [0.29, 0.717) is 17.2 Å². The Morgan fingerprint density at radius 2 is 2.14 bits per heavy atom. The molecule has 1 aliphatic heterocycles. The third-order valence-corrected chi connectivity index (χ3v) is 3.04. The van der Waals surface area contributed by atoms with E-state index in [1.54, 1.807) is 6.08 Å². The normalized spacial score (nSPS) is 22.0. The second kappa shape index (κ2) is 7.57. The van der Waals surface area contributed by atoms with Crippen LogP contribution in [0.1, 0.15) is 19.3 Å². The summed E-state index contributed by atoms with van der Waals surface area (Å²) in [6, 6.07) is -0.855. The van der Waals surface area contributed by atoms with Gasteiger partial charge in [0.2, 0.25) is 11.8 Å². The standard InChI is InChI=1S/C13H13ClN3O3.W/c14-8-5-7(1-2-9(15)6-8)12(19)16-10-3-4-11(18)17-13(10)20;/h1-2,10H,3-4,6H2,(H4,15,16,17,18,19,20);/q-1;+2/p-1. The minimum atomic E-state index is -0.855. The SMILES string of the molecule is NC1=CC=C(C(=O)[N-]C2CCC(=O)NC2=O)[C-]=C(Cl)C1.[W+2]. The molecule has 21 heavy (non-hydrogen) atoms. The van der Waals surface area contributed by atoms with E-state index in [-0.39, 0.29) is 45.4 Å². The van der Waals surface area contributed by atoms with Gasteiger partial charge in [-0.15, -0.1) is 11.6 Å². The molecule has 0 bridgehead atoms. The molecule has 8 heteroatoms. The molecule has 3 N–H and O–H groups in total. The molecular weight excluding hydrogens is 465 g/mol. The number of nitrogens with two attached hydrogens (primary N) is 1. The van der Waals surface area contributed by atoms with Crippen LogP contribution in [0.2, 0.25) is 0 Å². The molecule has 1 unspecified atom stereocenters. The fourth-order valence-corrected chi connectivity index (χ4v) is 2.06. The summed E-state index contributed by atoms with van der Waals surface area (Å²) in [5.41, 5.74) is 6.28. The predicted molar refractivity (Wildman–Crippen MR) is 72.1 cm³/mol. The van der Waals surface area contributed by atoms with Gasteiger partial charge in [0, 0.05) is 18.5 Å². The van der Waals surface area contributed by atoms with E-state index < -0.39 is 17.9 Å². The summed E-state index contributed by atoms with van der Waals surface area (Å²) in [7, 11) is 0. The minimum Gasteiger partial charge on any atom is -0.699 e. The zero-order valence-electron chi connectivity index (χ0n) is 10.9. The summed E-state index contributed by atoms with van der Waals surface area (Å²) in [5.74, 6) is -1.52. The molecule has 6 nitrogen and oxygen atoms in total. The number of halogens is 1. The average molecular weight is 478 g/mol. The number of allylic oxidation sites excluding steroid dienone is 3. The van der Waals surface area contributed by atoms with Gasteiger partial charge in [-0.1, -0.05) is 6.08 Å². The largest absolute Gasteiger partial charge is 2.00 e. The van der Waals surface area contributed by atoms with Crippen molar-refractivity contribution in [2.45, 2.75) is 25.3 Å². The second-order valence-electron chi connectivity index (χ2n) is 4.43. The molecule has 0 aromatic rings. The Bertz CT molecular complexity index is 569. The summed E-state index contributed by atoms with van der Waals surface area (Å²) in [6.45, 7) is 0. The Kier molecular flexibility index (Phi) is 6.37. The number of carbonyl (C=O) groups excluding carboxylic acids is 3. The zero-order chi connectivity index (χ0) is 14.7. The molecule has 0 spiro atoms. The van der Waals surface area contributed by atoms with Gasteiger partial charge >= 0.3 is 21.1 Å². The molecule has 1 atom stereocenters. The molecule has 110 valence electrons. The van der Waals surface area contributed by atoms with E-state index in [9.17, 15) is 14.4 Å². The van der Waals surface area contributed by atoms with Crippen molar-refractivity contribution in [3.8, 4) is 0 Å². The third kappa shape index (κ3) is 4.83. The molecule has 1 aliphatic carbocycles. The van der Waals surface area contributed by atoms with Crippen LogP contribution in [0.15, 0.2) is 28.5 Å². The van der Waals surface area contributed by atoms with Gasteiger partial charge in [0.25, 0.3) is 0 Å². The Hall–Kier alpha value is -1.39. The number of hydrogen-bond acceptors (Lipinski definition) is 4. The minimum absolute atomic E-state index is 0. The maximum atomic E-state index is 12.0. The van der Waals surface area contributed by atoms with Crippen molar-refractivity contribution < 1.29 is 35.4 Å². The van der Waals surface area contributed by atoms with Crippen molar-refractivity contribution >= 4 is 29.3 Å². The second-order valence-corrected chi connectivity index (χ2v) is 4.89. The first-order valence-electron chi connectivity index (χ1n) is 5.99. The van der Waals surface area contributed by atoms with E-state index in [0.717, 1.165) is 0 Å². The Morgan fingerprint density at radius 1 is 1.43 bits per heavy atom. The molecule has 2 rings (SSSR count). The van der Waals surface area contributed by atoms with Crippen LogP contribution in [0.4, 0.5) is 0 Å². The number of carbonyl (C=O) groups is 3. The van der Waals surface area contributed by atoms with Gasteiger partial charge in [0.15, 0.2) is 0 Å². The van der Waals surface area contributed by atoms with Crippen LogP contribution in [-0.4, -0.2) is 23.8 Å². The maximum Gasteiger partial charge on any atom is 2.00 e. The van der Waals surface area contributed by atoms with Gasteiger partial charge in [0.05, 0.1) is 0 Å². The maximum absolute atomic E-state index is 12.0. The van der Waals surface area contributed by atoms with Gasteiger partial charge in [-0.3, -0.25) is 14.9 Å². The number of nitrogens with one attached hydrogen (secondary N) is 1. The van der Waals surface area contributed by atoms with Crippen molar-refractivity contribution in [2.75, 3.05) is 0 Å². The van der Waals surface area contributed by atoms with Gasteiger partial charge in [-0.05, 0) is 23.4 Å². The van der Waals surface area contributed by atoms with Gasteiger partial charge < -0.3 is 15.8 Å². The molecule has 0 aromatic heterocycles. The van der Waals surface area contributed by atoms with E-state index in [1.165, 1.54) is 6.08 Å². The molecule has 0 aromatic carbocycles. The van der Waals surface area contributed by atoms with Crippen LogP contribution in [0, 0.1) is 6.08 Å². The summed E-state index contributed by atoms with van der Waals surface area (Å²) >= 11 is 5.87. The summed E-state index contributed by atoms with van der Waals surface area (Å²) in [5, 5.41) is 6.24. The number of nitrogens with zero attached hydrogens (tertiary/aromatic N) is 1. The monoisotopic (exact) mass is 477 g/mol. The fraction of sp³-hybridized carbons (Fsp3) is 0.308. The molecule has 2 aliphatic rings. The van der Waals surface area contributed by atoms with Crippen molar-refractivity contribution in [3.05, 3.63) is 39.8 Å². The average Bonchev–Trinajstić information content (AvgIpc) is 2.53. The molecule has 0 saturated carbocycles. The Balaban J connectivity index is 0.00000220. The zero-order valence-corrected chi connectivity index (χ0v) is 14.6. The quantitative estimate of drug-likeness (QED) is 0.453. The smallest absolute Gasteiger partial charge is 0.699 e. The van der Waals surface area contributed by atoms with E-state index in [2.05, 4.69) is 16.7 Å². The molecule has 3 amide bonds. The van der Waals surface area contributed by atoms with Gasteiger partial charge in [-0.2, -0.15) is 17.7 Å². The fourth-order valence-electron chi connectivity index (χ4n) is 1.80. The van der Waals surface area contributed by atoms with E-state index in [4.69, 9.17) is 17.3 Å². The third-order valence-electron chi connectivity index (χ3n) is 2.81. The predicted octanol–water partition coefficient (Wildman–Crippen LogP) is 0.788. The number of amides is 3. The van der Waals surface area contributed by atoms with Crippen LogP contribution in [0.5, 0.6) is 0 Å². The number of hydrogen-bond donors (Lipinski definition) is 2. The van der Waals surface area contributed by atoms with Crippen LogP contribution >= 0.6 is 11.6 Å². The molecule has 1 heterocycles. The summed E-state index contributed by atoms with van der Waals surface area (Å²) < 4.78 is 0. The molecule has 1 fully saturated rings. The summed E-state index contributed by atoms with van der Waals surface area (Å²) in [6.07, 6.45) is 6.40. The van der Waals surface area contributed by atoms with Crippen LogP contribution in [0.3, 0.4) is 0 Å². The van der Waals surface area contributed by atoms with E-state index >= 15 is 0 Å². The van der Waals surface area contributed by atoms with Crippen molar-refractivity contribution in [1.29, 1.82) is 0 Å². The topological polar surface area (TPSA) is 103 Å². The molecule has 1 saturated heterocycles. The first-order valence-corrected chi connectivity index (χ1v) is 6.37. The molecule has 0 radical (unpaired) electrons. The molecular formula is C13H12ClN3O3W. The summed E-state index contributed by atoms with van der Waals surface area (Å²) in [4.78, 5) is 34.5. The van der Waals surface area contributed by atoms with Crippen LogP contribution in [0.25, 0.3) is 5.32 Å². The number of piperidine rings is 1. The number of rotatable bonds is 2. The van der Waals surface area contributed by atoms with Crippen molar-refractivity contribution in [1.82, 2.24) is 5.32 Å². The first-order chi connectivity index (χ1) is 9.45. The Labute approximate surface area is 141 Å². The van der Waals surface area contributed by atoms with Crippen molar-refractivity contribution in [3.63, 3.8) is 0 Å². The van der Waals surface area contributed by atoms with Gasteiger partial charge in [-0.25, -0.2) is 0 Å². The van der Waals surface area contributed by atoms with Crippen molar-refractivity contribution in [2.24, 2.45) is 5.73 Å². The van der Waals surface area contributed by atoms with Gasteiger partial charge in [0.1, 0.15) is 0 Å². The Morgan fingerprint density at radius 3 is 2.81 bits per heavy atom. The van der Waals surface area contributed by atoms with Crippen LogP contribution < -0.4 is 11.1 Å². The first kappa shape index (κ1) is 17.7. The number of imide groups is 1. The van der Waals surface area contributed by atoms with Crippen LogP contribution in [-0.2, 0) is 35.4 Å².